The van der Waals surface area contributed by atoms with E-state index >= 15 is 0 Å². The van der Waals surface area contributed by atoms with Crippen LogP contribution in [0.1, 0.15) is 31.4 Å². The fourth-order valence-electron chi connectivity index (χ4n) is 1.88. The third kappa shape index (κ3) is 2.16. The van der Waals surface area contributed by atoms with E-state index in [2.05, 4.69) is 50.4 Å². The van der Waals surface area contributed by atoms with E-state index in [0.717, 1.165) is 12.6 Å². The first-order chi connectivity index (χ1) is 6.58. The normalized spacial score (nSPS) is 23.5. The molecule has 1 heteroatoms. The van der Waals surface area contributed by atoms with Gasteiger partial charge >= 0.3 is 0 Å². The van der Waals surface area contributed by atoms with Crippen molar-refractivity contribution in [3.63, 3.8) is 0 Å². The van der Waals surface area contributed by atoms with Gasteiger partial charge in [0.25, 0.3) is 0 Å². The van der Waals surface area contributed by atoms with Crippen LogP contribution in [0.2, 0.25) is 0 Å². The highest BCUT2D eigenvalue weighted by molar-refractivity contribution is 5.22. The summed E-state index contributed by atoms with van der Waals surface area (Å²) in [5.74, 6) is 0. The first kappa shape index (κ1) is 9.72. The van der Waals surface area contributed by atoms with E-state index in [9.17, 15) is 0 Å². The molecule has 1 aromatic rings. The zero-order valence-corrected chi connectivity index (χ0v) is 9.30. The van der Waals surface area contributed by atoms with Gasteiger partial charge in [0.05, 0.1) is 0 Å². The summed E-state index contributed by atoms with van der Waals surface area (Å²) in [5, 5.41) is 3.59. The predicted octanol–water partition coefficient (Wildman–Crippen LogP) is 2.88. The Morgan fingerprint density at radius 3 is 2.71 bits per heavy atom. The molecular formula is C13H19N. The second-order valence-corrected chi connectivity index (χ2v) is 5.12. The van der Waals surface area contributed by atoms with E-state index in [-0.39, 0.29) is 0 Å². The molecule has 0 aromatic heterocycles. The summed E-state index contributed by atoms with van der Waals surface area (Å²) in [4.78, 5) is 0. The van der Waals surface area contributed by atoms with Crippen molar-refractivity contribution in [2.45, 2.75) is 39.8 Å². The largest absolute Gasteiger partial charge is 0.309 e. The van der Waals surface area contributed by atoms with Gasteiger partial charge in [-0.15, -0.1) is 0 Å². The van der Waals surface area contributed by atoms with E-state index in [1.165, 1.54) is 17.5 Å². The monoisotopic (exact) mass is 189 g/mol. The molecule has 0 spiro atoms. The molecule has 1 fully saturated rings. The average Bonchev–Trinajstić information content (AvgIpc) is 2.71. The van der Waals surface area contributed by atoms with Gasteiger partial charge in [0.1, 0.15) is 0 Å². The molecule has 1 atom stereocenters. The van der Waals surface area contributed by atoms with Crippen molar-refractivity contribution in [3.8, 4) is 0 Å². The molecule has 1 aliphatic carbocycles. The predicted molar refractivity (Wildman–Crippen MR) is 60.2 cm³/mol. The first-order valence-corrected chi connectivity index (χ1v) is 5.37. The fourth-order valence-corrected chi connectivity index (χ4v) is 1.88. The van der Waals surface area contributed by atoms with Gasteiger partial charge in [0, 0.05) is 12.6 Å². The molecule has 1 N–H and O–H groups in total. The summed E-state index contributed by atoms with van der Waals surface area (Å²) in [6.45, 7) is 7.79. The quantitative estimate of drug-likeness (QED) is 0.771. The van der Waals surface area contributed by atoms with Gasteiger partial charge in [-0.25, -0.2) is 0 Å². The van der Waals surface area contributed by atoms with Crippen LogP contribution in [0.4, 0.5) is 0 Å². The number of hydrogen-bond donors (Lipinski definition) is 1. The Balaban J connectivity index is 1.87. The van der Waals surface area contributed by atoms with E-state index in [1.54, 1.807) is 0 Å². The maximum atomic E-state index is 3.59. The van der Waals surface area contributed by atoms with Crippen molar-refractivity contribution in [2.75, 3.05) is 0 Å². The van der Waals surface area contributed by atoms with Gasteiger partial charge < -0.3 is 5.32 Å². The van der Waals surface area contributed by atoms with Crippen molar-refractivity contribution in [1.29, 1.82) is 0 Å². The highest BCUT2D eigenvalue weighted by Gasteiger charge is 2.44. The Morgan fingerprint density at radius 2 is 2.14 bits per heavy atom. The zero-order chi connectivity index (χ0) is 10.2. The zero-order valence-electron chi connectivity index (χ0n) is 9.30. The summed E-state index contributed by atoms with van der Waals surface area (Å²) >= 11 is 0. The molecule has 0 heterocycles. The van der Waals surface area contributed by atoms with Gasteiger partial charge in [0.15, 0.2) is 0 Å². The molecule has 14 heavy (non-hydrogen) atoms. The van der Waals surface area contributed by atoms with Crippen LogP contribution in [-0.2, 0) is 6.54 Å². The second-order valence-electron chi connectivity index (χ2n) is 5.12. The van der Waals surface area contributed by atoms with Crippen molar-refractivity contribution >= 4 is 0 Å². The third-order valence-corrected chi connectivity index (χ3v) is 3.15. The minimum atomic E-state index is 0.532. The maximum Gasteiger partial charge on any atom is 0.0208 e. The van der Waals surface area contributed by atoms with Crippen LogP contribution < -0.4 is 5.32 Å². The lowest BCUT2D eigenvalue weighted by atomic mass is 10.1. The van der Waals surface area contributed by atoms with Crippen LogP contribution in [0.3, 0.4) is 0 Å². The lowest BCUT2D eigenvalue weighted by Gasteiger charge is -2.07. The van der Waals surface area contributed by atoms with E-state index < -0.39 is 0 Å². The van der Waals surface area contributed by atoms with Crippen molar-refractivity contribution < 1.29 is 0 Å². The Morgan fingerprint density at radius 1 is 1.43 bits per heavy atom. The van der Waals surface area contributed by atoms with Crippen LogP contribution in [0.25, 0.3) is 0 Å². The molecule has 0 radical (unpaired) electrons. The van der Waals surface area contributed by atoms with Gasteiger partial charge in [-0.3, -0.25) is 0 Å². The molecule has 1 aromatic carbocycles. The number of hydrogen-bond acceptors (Lipinski definition) is 1. The Hall–Kier alpha value is -0.820. The molecular weight excluding hydrogens is 170 g/mol. The standard InChI is InChI=1S/C13H19N/c1-10-5-4-6-11(7-10)9-14-12-8-13(12,2)3/h4-7,12,14H,8-9H2,1-3H3. The number of nitrogens with one attached hydrogen (secondary N) is 1. The summed E-state index contributed by atoms with van der Waals surface area (Å²) in [5.41, 5.74) is 3.27. The number of aryl methyl sites for hydroxylation is 1. The number of benzene rings is 1. The summed E-state index contributed by atoms with van der Waals surface area (Å²) in [6, 6.07) is 9.44. The summed E-state index contributed by atoms with van der Waals surface area (Å²) < 4.78 is 0. The third-order valence-electron chi connectivity index (χ3n) is 3.15. The van der Waals surface area contributed by atoms with Crippen molar-refractivity contribution in [2.24, 2.45) is 5.41 Å². The van der Waals surface area contributed by atoms with E-state index in [4.69, 9.17) is 0 Å². The number of rotatable bonds is 3. The molecule has 0 aliphatic heterocycles. The smallest absolute Gasteiger partial charge is 0.0208 e. The Bertz CT molecular complexity index is 328. The van der Waals surface area contributed by atoms with E-state index in [1.807, 2.05) is 0 Å². The molecule has 0 bridgehead atoms. The van der Waals surface area contributed by atoms with E-state index in [0.29, 0.717) is 5.41 Å². The molecule has 1 nitrogen and oxygen atoms in total. The Labute approximate surface area is 86.5 Å². The first-order valence-electron chi connectivity index (χ1n) is 5.37. The summed E-state index contributed by atoms with van der Waals surface area (Å²) in [6.07, 6.45) is 1.32. The molecule has 1 unspecified atom stereocenters. The lowest BCUT2D eigenvalue weighted by Crippen LogP contribution is -2.19. The van der Waals surface area contributed by atoms with Crippen LogP contribution in [0.5, 0.6) is 0 Å². The minimum absolute atomic E-state index is 0.532. The fraction of sp³-hybridized carbons (Fsp3) is 0.538. The van der Waals surface area contributed by atoms with Crippen molar-refractivity contribution in [3.05, 3.63) is 35.4 Å². The van der Waals surface area contributed by atoms with Gasteiger partial charge in [-0.1, -0.05) is 43.7 Å². The maximum absolute atomic E-state index is 3.59. The summed E-state index contributed by atoms with van der Waals surface area (Å²) in [7, 11) is 0. The topological polar surface area (TPSA) is 12.0 Å². The lowest BCUT2D eigenvalue weighted by molar-refractivity contribution is 0.542. The molecule has 1 aliphatic rings. The average molecular weight is 189 g/mol. The molecule has 1 saturated carbocycles. The van der Waals surface area contributed by atoms with Gasteiger partial charge in [-0.2, -0.15) is 0 Å². The van der Waals surface area contributed by atoms with Gasteiger partial charge in [0.2, 0.25) is 0 Å². The molecule has 76 valence electrons. The van der Waals surface area contributed by atoms with Gasteiger partial charge in [-0.05, 0) is 24.3 Å². The molecule has 0 saturated heterocycles. The molecule has 2 rings (SSSR count). The van der Waals surface area contributed by atoms with Crippen LogP contribution in [-0.4, -0.2) is 6.04 Å². The molecule has 0 amide bonds. The minimum Gasteiger partial charge on any atom is -0.309 e. The van der Waals surface area contributed by atoms with Crippen LogP contribution in [0.15, 0.2) is 24.3 Å². The SMILES string of the molecule is Cc1cccc(CNC2CC2(C)C)c1. The highest BCUT2D eigenvalue weighted by atomic mass is 15.0. The highest BCUT2D eigenvalue weighted by Crippen LogP contribution is 2.44. The van der Waals surface area contributed by atoms with Crippen LogP contribution in [0, 0.1) is 12.3 Å². The van der Waals surface area contributed by atoms with Crippen LogP contribution >= 0.6 is 0 Å². The second kappa shape index (κ2) is 3.39. The van der Waals surface area contributed by atoms with Crippen molar-refractivity contribution in [1.82, 2.24) is 5.32 Å². The Kier molecular flexibility index (Phi) is 2.36.